The van der Waals surface area contributed by atoms with Gasteiger partial charge < -0.3 is 14.7 Å². The fraction of sp³-hybridized carbons (Fsp3) is 0.441. The zero-order valence-corrected chi connectivity index (χ0v) is 25.8. The van der Waals surface area contributed by atoms with Crippen LogP contribution in [0.3, 0.4) is 0 Å². The molecule has 0 spiro atoms. The van der Waals surface area contributed by atoms with E-state index in [4.69, 9.17) is 26.4 Å². The van der Waals surface area contributed by atoms with Crippen molar-refractivity contribution in [2.75, 3.05) is 24.6 Å². The van der Waals surface area contributed by atoms with Gasteiger partial charge in [-0.05, 0) is 75.1 Å². The predicted octanol–water partition coefficient (Wildman–Crippen LogP) is 6.22. The standard InChI is InChI=1S/C34H40N6O3/c1-8-39(15-16-41)26-13-14-27(22(4)19-26)36-33-29(35-7)28(34(42)43-30-23(5)17-21(3)18-24(30)6)32-37-31(38-40(32)33)25-11-9-20(2)10-12-25/h9-14,19,21,23-24,30,41H,8,15-18H2,1-6H3. The first-order valence-electron chi connectivity index (χ1n) is 15.1. The highest BCUT2D eigenvalue weighted by Gasteiger charge is 2.40. The second kappa shape index (κ2) is 12.5. The number of rotatable bonds is 8. The first kappa shape index (κ1) is 30.2. The molecule has 5 rings (SSSR count). The fourth-order valence-corrected chi connectivity index (χ4v) is 6.43. The van der Waals surface area contributed by atoms with Crippen LogP contribution >= 0.6 is 0 Å². The Bertz CT molecular complexity index is 1600. The van der Waals surface area contributed by atoms with E-state index >= 15 is 0 Å². The number of aryl methyl sites for hydroxylation is 2. The van der Waals surface area contributed by atoms with E-state index in [1.807, 2.05) is 63.2 Å². The molecule has 3 aromatic rings. The maximum absolute atomic E-state index is 13.9. The average molecular weight is 581 g/mol. The number of aromatic nitrogens is 3. The van der Waals surface area contributed by atoms with Gasteiger partial charge in [0.25, 0.3) is 0 Å². The molecule has 0 amide bonds. The first-order valence-corrected chi connectivity index (χ1v) is 15.1. The maximum Gasteiger partial charge on any atom is 0.331 e. The van der Waals surface area contributed by atoms with Crippen LogP contribution in [0.2, 0.25) is 0 Å². The van der Waals surface area contributed by atoms with Gasteiger partial charge >= 0.3 is 5.97 Å². The lowest BCUT2D eigenvalue weighted by atomic mass is 9.75. The number of hydrogen-bond acceptors (Lipinski definition) is 7. The number of aliphatic hydroxyl groups excluding tert-OH is 1. The van der Waals surface area contributed by atoms with E-state index in [-0.39, 0.29) is 47.5 Å². The Balaban J connectivity index is 1.59. The predicted molar refractivity (Wildman–Crippen MR) is 169 cm³/mol. The highest BCUT2D eigenvalue weighted by molar-refractivity contribution is 6.29. The number of hydrogen-bond donors (Lipinski definition) is 1. The monoisotopic (exact) mass is 580 g/mol. The van der Waals surface area contributed by atoms with Gasteiger partial charge in [0.15, 0.2) is 17.5 Å². The van der Waals surface area contributed by atoms with Gasteiger partial charge in [-0.1, -0.05) is 50.6 Å². The third-order valence-electron chi connectivity index (χ3n) is 8.54. The highest BCUT2D eigenvalue weighted by atomic mass is 16.5. The Kier molecular flexibility index (Phi) is 8.79. The van der Waals surface area contributed by atoms with E-state index in [2.05, 4.69) is 30.5 Å². The molecule has 9 nitrogen and oxygen atoms in total. The first-order chi connectivity index (χ1) is 20.6. The number of benzene rings is 2. The number of aliphatic hydroxyl groups is 1. The topological polar surface area (TPSA) is 97.2 Å². The minimum Gasteiger partial charge on any atom is -0.459 e. The molecule has 2 unspecified atom stereocenters. The van der Waals surface area contributed by atoms with Crippen molar-refractivity contribution in [1.82, 2.24) is 14.8 Å². The summed E-state index contributed by atoms with van der Waals surface area (Å²) < 4.78 is 7.67. The van der Waals surface area contributed by atoms with Crippen molar-refractivity contribution in [3.63, 3.8) is 0 Å². The number of esters is 1. The molecule has 0 bridgehead atoms. The Morgan fingerprint density at radius 3 is 2.44 bits per heavy atom. The number of likely N-dealkylation sites (N-methyl/N-ethyl adjacent to an activating group) is 1. The van der Waals surface area contributed by atoms with Crippen LogP contribution < -0.4 is 4.90 Å². The van der Waals surface area contributed by atoms with Crippen LogP contribution in [0.25, 0.3) is 21.8 Å². The summed E-state index contributed by atoms with van der Waals surface area (Å²) >= 11 is 0. The summed E-state index contributed by atoms with van der Waals surface area (Å²) in [7, 11) is 0. The summed E-state index contributed by atoms with van der Waals surface area (Å²) in [5.41, 5.74) is 4.62. The summed E-state index contributed by atoms with van der Waals surface area (Å²) in [6, 6.07) is 13.7. The maximum atomic E-state index is 13.9. The molecule has 1 aliphatic carbocycles. The molecule has 9 heteroatoms. The van der Waals surface area contributed by atoms with Crippen LogP contribution in [0.1, 0.15) is 57.5 Å². The summed E-state index contributed by atoms with van der Waals surface area (Å²) in [6.45, 7) is 21.9. The summed E-state index contributed by atoms with van der Waals surface area (Å²) in [5.74, 6) is 1.40. The van der Waals surface area contributed by atoms with Gasteiger partial charge in [0.05, 0.1) is 18.9 Å². The van der Waals surface area contributed by atoms with Gasteiger partial charge in [0.1, 0.15) is 11.7 Å². The van der Waals surface area contributed by atoms with E-state index in [1.54, 1.807) is 0 Å². The molecule has 0 saturated heterocycles. The van der Waals surface area contributed by atoms with Crippen molar-refractivity contribution in [1.29, 1.82) is 0 Å². The molecule has 1 aromatic heterocycles. The van der Waals surface area contributed by atoms with Crippen LogP contribution in [0, 0.1) is 38.2 Å². The number of allylic oxidation sites excluding steroid dienone is 1. The largest absolute Gasteiger partial charge is 0.459 e. The second-order valence-electron chi connectivity index (χ2n) is 12.0. The fourth-order valence-electron chi connectivity index (χ4n) is 6.43. The smallest absolute Gasteiger partial charge is 0.331 e. The van der Waals surface area contributed by atoms with E-state index in [0.717, 1.165) is 41.8 Å². The minimum atomic E-state index is -0.562. The van der Waals surface area contributed by atoms with E-state index in [1.165, 1.54) is 4.68 Å². The van der Waals surface area contributed by atoms with Gasteiger partial charge in [-0.25, -0.2) is 24.3 Å². The number of nitrogens with zero attached hydrogens (tertiary/aromatic N) is 6. The summed E-state index contributed by atoms with van der Waals surface area (Å²) in [6.07, 6.45) is 1.73. The van der Waals surface area contributed by atoms with Gasteiger partial charge in [-0.2, -0.15) is 0 Å². The Morgan fingerprint density at radius 2 is 1.84 bits per heavy atom. The normalized spacial score (nSPS) is 22.4. The molecular formula is C34H40N6O3. The Morgan fingerprint density at radius 1 is 1.14 bits per heavy atom. The van der Waals surface area contributed by atoms with Gasteiger partial charge in [-0.15, -0.1) is 5.10 Å². The van der Waals surface area contributed by atoms with Crippen molar-refractivity contribution < 1.29 is 14.6 Å². The van der Waals surface area contributed by atoms with Crippen molar-refractivity contribution >= 4 is 28.8 Å². The number of ether oxygens (including phenoxy) is 1. The van der Waals surface area contributed by atoms with Gasteiger partial charge in [0, 0.05) is 24.3 Å². The molecular weight excluding hydrogens is 540 g/mol. The molecule has 1 N–H and O–H groups in total. The Labute approximate surface area is 253 Å². The molecule has 2 aromatic carbocycles. The molecule has 2 atom stereocenters. The van der Waals surface area contributed by atoms with E-state index in [0.29, 0.717) is 24.0 Å². The number of carbonyl (C=O) groups excluding carboxylic acids is 1. The van der Waals surface area contributed by atoms with Crippen molar-refractivity contribution in [2.45, 2.75) is 60.5 Å². The van der Waals surface area contributed by atoms with Crippen molar-refractivity contribution in [3.8, 4) is 11.4 Å². The van der Waals surface area contributed by atoms with Crippen LogP contribution in [-0.4, -0.2) is 57.5 Å². The zero-order valence-electron chi connectivity index (χ0n) is 25.8. The molecule has 2 aliphatic rings. The molecule has 2 heterocycles. The van der Waals surface area contributed by atoms with Gasteiger partial charge in [0.2, 0.25) is 5.70 Å². The third kappa shape index (κ3) is 5.98. The molecule has 1 fully saturated rings. The number of aliphatic imine (C=N–C) groups is 1. The third-order valence-corrected chi connectivity index (χ3v) is 8.54. The average Bonchev–Trinajstić information content (AvgIpc) is 3.52. The SMILES string of the molecule is [C-]#[N+]C1=C(C(=O)OC2C(C)CC(C)CC2C)c2nc(-c3ccc(C)cc3)nn2C1=Nc1ccc(N(CC)CCO)cc1C. The van der Waals surface area contributed by atoms with Crippen LogP contribution in [0.15, 0.2) is 53.2 Å². The second-order valence-corrected chi connectivity index (χ2v) is 12.0. The molecule has 43 heavy (non-hydrogen) atoms. The summed E-state index contributed by atoms with van der Waals surface area (Å²) in [5, 5.41) is 14.2. The van der Waals surface area contributed by atoms with E-state index < -0.39 is 5.97 Å². The molecule has 1 aliphatic heterocycles. The molecule has 0 radical (unpaired) electrons. The number of anilines is 1. The Hall–Kier alpha value is -4.29. The van der Waals surface area contributed by atoms with Crippen molar-refractivity contribution in [2.24, 2.45) is 22.7 Å². The number of fused-ring (bicyclic) bond motifs is 1. The molecule has 224 valence electrons. The lowest BCUT2D eigenvalue weighted by molar-refractivity contribution is -0.150. The lowest BCUT2D eigenvalue weighted by Crippen LogP contribution is -2.37. The van der Waals surface area contributed by atoms with Gasteiger partial charge in [-0.3, -0.25) is 0 Å². The molecule has 1 saturated carbocycles. The van der Waals surface area contributed by atoms with Crippen LogP contribution in [0.5, 0.6) is 0 Å². The zero-order chi connectivity index (χ0) is 30.8. The summed E-state index contributed by atoms with van der Waals surface area (Å²) in [4.78, 5) is 29.4. The van der Waals surface area contributed by atoms with Crippen LogP contribution in [-0.2, 0) is 9.53 Å². The van der Waals surface area contributed by atoms with E-state index in [9.17, 15) is 9.90 Å². The quantitative estimate of drug-likeness (QED) is 0.251. The highest BCUT2D eigenvalue weighted by Crippen LogP contribution is 2.38. The lowest BCUT2D eigenvalue weighted by Gasteiger charge is -2.37. The van der Waals surface area contributed by atoms with Crippen molar-refractivity contribution in [3.05, 3.63) is 76.5 Å². The minimum absolute atomic E-state index is 0.0603. The van der Waals surface area contributed by atoms with Crippen LogP contribution in [0.4, 0.5) is 11.4 Å². The number of carbonyl (C=O) groups is 1.